The molecule has 0 bridgehead atoms. The van der Waals surface area contributed by atoms with Gasteiger partial charge in [0.25, 0.3) is 5.91 Å². The number of hydrogen-bond donors (Lipinski definition) is 2. The molecule has 1 aromatic carbocycles. The Morgan fingerprint density at radius 1 is 1.53 bits per heavy atom. The molecule has 1 aliphatic rings. The summed E-state index contributed by atoms with van der Waals surface area (Å²) in [5.41, 5.74) is 7.19. The van der Waals surface area contributed by atoms with Crippen molar-refractivity contribution in [1.29, 1.82) is 0 Å². The van der Waals surface area contributed by atoms with Gasteiger partial charge in [-0.1, -0.05) is 12.1 Å². The van der Waals surface area contributed by atoms with Crippen LogP contribution >= 0.6 is 0 Å². The third-order valence-electron chi connectivity index (χ3n) is 3.80. The summed E-state index contributed by atoms with van der Waals surface area (Å²) >= 11 is 0. The van der Waals surface area contributed by atoms with Crippen molar-refractivity contribution in [2.45, 2.75) is 31.9 Å². The van der Waals surface area contributed by atoms with Crippen molar-refractivity contribution in [2.75, 3.05) is 13.7 Å². The largest absolute Gasteiger partial charge is 0.380 e. The summed E-state index contributed by atoms with van der Waals surface area (Å²) in [5, 5.41) is 3.09. The summed E-state index contributed by atoms with van der Waals surface area (Å²) in [6.45, 7) is 3.01. The molecule has 0 radical (unpaired) electrons. The lowest BCUT2D eigenvalue weighted by molar-refractivity contribution is 0.0897. The van der Waals surface area contributed by atoms with Gasteiger partial charge < -0.3 is 15.8 Å². The van der Waals surface area contributed by atoms with E-state index >= 15 is 0 Å². The number of ether oxygens (including phenoxy) is 1. The molecular formula is C15H22N2O2. The van der Waals surface area contributed by atoms with Crippen LogP contribution in [0.15, 0.2) is 24.3 Å². The molecule has 0 saturated heterocycles. The van der Waals surface area contributed by atoms with Crippen LogP contribution in [0.2, 0.25) is 0 Å². The number of benzene rings is 1. The minimum absolute atomic E-state index is 0.0576. The van der Waals surface area contributed by atoms with E-state index in [1.165, 1.54) is 0 Å². The summed E-state index contributed by atoms with van der Waals surface area (Å²) in [7, 11) is 1.64. The second-order valence-corrected chi connectivity index (χ2v) is 5.48. The van der Waals surface area contributed by atoms with Crippen molar-refractivity contribution >= 4 is 5.91 Å². The first-order valence-electron chi connectivity index (χ1n) is 6.69. The van der Waals surface area contributed by atoms with E-state index in [2.05, 4.69) is 5.32 Å². The van der Waals surface area contributed by atoms with Gasteiger partial charge in [-0.25, -0.2) is 0 Å². The standard InChI is InChI=1S/C15H22N2O2/c1-15(10-16,13-6-7-13)17-14(18)12-5-3-4-11(8-12)9-19-2/h3-5,8,13H,6-7,9-10,16H2,1-2H3,(H,17,18). The molecule has 1 saturated carbocycles. The van der Waals surface area contributed by atoms with E-state index in [9.17, 15) is 4.79 Å². The van der Waals surface area contributed by atoms with Crippen LogP contribution in [0.25, 0.3) is 0 Å². The van der Waals surface area contributed by atoms with Crippen LogP contribution in [0.1, 0.15) is 35.7 Å². The molecule has 0 heterocycles. The smallest absolute Gasteiger partial charge is 0.251 e. The molecule has 0 spiro atoms. The molecule has 4 heteroatoms. The number of hydrogen-bond acceptors (Lipinski definition) is 3. The molecule has 2 rings (SSSR count). The first-order valence-corrected chi connectivity index (χ1v) is 6.69. The van der Waals surface area contributed by atoms with E-state index in [0.29, 0.717) is 24.6 Å². The number of carbonyl (C=O) groups is 1. The fourth-order valence-corrected chi connectivity index (χ4v) is 2.34. The minimum Gasteiger partial charge on any atom is -0.380 e. The number of nitrogens with two attached hydrogens (primary N) is 1. The zero-order chi connectivity index (χ0) is 13.9. The summed E-state index contributed by atoms with van der Waals surface area (Å²) in [5.74, 6) is 0.460. The highest BCUT2D eigenvalue weighted by Gasteiger charge is 2.41. The Bertz CT molecular complexity index is 457. The third kappa shape index (κ3) is 3.33. The lowest BCUT2D eigenvalue weighted by atomic mass is 9.95. The highest BCUT2D eigenvalue weighted by molar-refractivity contribution is 5.94. The monoisotopic (exact) mass is 262 g/mol. The van der Waals surface area contributed by atoms with Crippen LogP contribution in [0.5, 0.6) is 0 Å². The molecule has 1 aliphatic carbocycles. The molecule has 4 nitrogen and oxygen atoms in total. The van der Waals surface area contributed by atoms with Gasteiger partial charge in [-0.3, -0.25) is 4.79 Å². The van der Waals surface area contributed by atoms with Gasteiger partial charge in [0.05, 0.1) is 12.1 Å². The molecule has 0 aromatic heterocycles. The van der Waals surface area contributed by atoms with Crippen molar-refractivity contribution < 1.29 is 9.53 Å². The van der Waals surface area contributed by atoms with Crippen LogP contribution in [0.4, 0.5) is 0 Å². The normalized spacial score (nSPS) is 17.8. The maximum atomic E-state index is 12.3. The Morgan fingerprint density at radius 3 is 2.84 bits per heavy atom. The molecule has 1 unspecified atom stereocenters. The molecule has 104 valence electrons. The molecule has 1 amide bonds. The summed E-state index contributed by atoms with van der Waals surface area (Å²) in [4.78, 5) is 12.3. The van der Waals surface area contributed by atoms with Gasteiger partial charge in [0.2, 0.25) is 0 Å². The highest BCUT2D eigenvalue weighted by atomic mass is 16.5. The van der Waals surface area contributed by atoms with Crippen LogP contribution in [0, 0.1) is 5.92 Å². The fraction of sp³-hybridized carbons (Fsp3) is 0.533. The highest BCUT2D eigenvalue weighted by Crippen LogP contribution is 2.39. The number of amides is 1. The second-order valence-electron chi connectivity index (χ2n) is 5.48. The zero-order valence-corrected chi connectivity index (χ0v) is 11.6. The van der Waals surface area contributed by atoms with Crippen molar-refractivity contribution in [2.24, 2.45) is 11.7 Å². The van der Waals surface area contributed by atoms with E-state index in [1.807, 2.05) is 31.2 Å². The van der Waals surface area contributed by atoms with Gasteiger partial charge in [-0.05, 0) is 43.4 Å². The Labute approximate surface area is 114 Å². The quantitative estimate of drug-likeness (QED) is 0.820. The molecule has 1 atom stereocenters. The van der Waals surface area contributed by atoms with Crippen LogP contribution < -0.4 is 11.1 Å². The van der Waals surface area contributed by atoms with Gasteiger partial charge >= 0.3 is 0 Å². The van der Waals surface area contributed by atoms with E-state index in [1.54, 1.807) is 7.11 Å². The van der Waals surface area contributed by atoms with Gasteiger partial charge in [0.1, 0.15) is 0 Å². The number of rotatable bonds is 6. The van der Waals surface area contributed by atoms with E-state index in [0.717, 1.165) is 18.4 Å². The first-order chi connectivity index (χ1) is 9.09. The first kappa shape index (κ1) is 14.0. The summed E-state index contributed by atoms with van der Waals surface area (Å²) in [6, 6.07) is 7.50. The SMILES string of the molecule is COCc1cccc(C(=O)NC(C)(CN)C2CC2)c1. The van der Waals surface area contributed by atoms with Gasteiger partial charge in [0, 0.05) is 19.2 Å². The summed E-state index contributed by atoms with van der Waals surface area (Å²) in [6.07, 6.45) is 2.30. The maximum Gasteiger partial charge on any atom is 0.251 e. The predicted molar refractivity (Wildman–Crippen MR) is 74.8 cm³/mol. The van der Waals surface area contributed by atoms with Crippen LogP contribution in [-0.2, 0) is 11.3 Å². The minimum atomic E-state index is -0.283. The van der Waals surface area contributed by atoms with Crippen LogP contribution in [0.3, 0.4) is 0 Å². The lowest BCUT2D eigenvalue weighted by Crippen LogP contribution is -2.53. The second kappa shape index (κ2) is 5.72. The maximum absolute atomic E-state index is 12.3. The van der Waals surface area contributed by atoms with Crippen LogP contribution in [-0.4, -0.2) is 25.1 Å². The molecule has 0 aliphatic heterocycles. The summed E-state index contributed by atoms with van der Waals surface area (Å²) < 4.78 is 5.08. The van der Waals surface area contributed by atoms with Crippen molar-refractivity contribution in [3.63, 3.8) is 0 Å². The molecule has 1 fully saturated rings. The van der Waals surface area contributed by atoms with Crippen molar-refractivity contribution in [3.8, 4) is 0 Å². The third-order valence-corrected chi connectivity index (χ3v) is 3.80. The topological polar surface area (TPSA) is 64.3 Å². The zero-order valence-electron chi connectivity index (χ0n) is 11.6. The Morgan fingerprint density at radius 2 is 2.26 bits per heavy atom. The van der Waals surface area contributed by atoms with Gasteiger partial charge in [-0.2, -0.15) is 0 Å². The van der Waals surface area contributed by atoms with Gasteiger partial charge in [0.15, 0.2) is 0 Å². The Balaban J connectivity index is 2.08. The van der Waals surface area contributed by atoms with E-state index in [-0.39, 0.29) is 11.4 Å². The average Bonchev–Trinajstić information content (AvgIpc) is 3.24. The molecular weight excluding hydrogens is 240 g/mol. The Hall–Kier alpha value is -1.39. The number of methoxy groups -OCH3 is 1. The van der Waals surface area contributed by atoms with Gasteiger partial charge in [-0.15, -0.1) is 0 Å². The molecule has 3 N–H and O–H groups in total. The predicted octanol–water partition coefficient (Wildman–Crippen LogP) is 1.69. The Kier molecular flexibility index (Phi) is 4.22. The van der Waals surface area contributed by atoms with E-state index < -0.39 is 0 Å². The molecule has 1 aromatic rings. The number of nitrogens with one attached hydrogen (secondary N) is 1. The fourth-order valence-electron chi connectivity index (χ4n) is 2.34. The number of carbonyl (C=O) groups excluding carboxylic acids is 1. The molecule has 19 heavy (non-hydrogen) atoms. The lowest BCUT2D eigenvalue weighted by Gasteiger charge is -2.29. The van der Waals surface area contributed by atoms with E-state index in [4.69, 9.17) is 10.5 Å². The van der Waals surface area contributed by atoms with Crippen molar-refractivity contribution in [1.82, 2.24) is 5.32 Å². The van der Waals surface area contributed by atoms with Crippen molar-refractivity contribution in [3.05, 3.63) is 35.4 Å². The average molecular weight is 262 g/mol.